The quantitative estimate of drug-likeness (QED) is 0.512. The van der Waals surface area contributed by atoms with Crippen molar-refractivity contribution in [2.24, 2.45) is 0 Å². The summed E-state index contributed by atoms with van der Waals surface area (Å²) in [6, 6.07) is 0. The van der Waals surface area contributed by atoms with Crippen molar-refractivity contribution in [2.75, 3.05) is 18.9 Å². The Morgan fingerprint density at radius 2 is 2.33 bits per heavy atom. The smallest absolute Gasteiger partial charge is 0.151 e. The maximum Gasteiger partial charge on any atom is 0.151 e. The molecule has 0 unspecified atom stereocenters. The summed E-state index contributed by atoms with van der Waals surface area (Å²) in [6.45, 7) is 1.34. The molecule has 0 aromatic carbocycles. The standard InChI is InChI=1S/C9H13N5O/c10-9-8-7(13-5-14-9)6(4-12-8)3-11-1-2-15/h4-5,11-12,15H,1-3H2,(H2,10,13,14). The van der Waals surface area contributed by atoms with E-state index >= 15 is 0 Å². The minimum atomic E-state index is 0.124. The van der Waals surface area contributed by atoms with E-state index < -0.39 is 0 Å². The highest BCUT2D eigenvalue weighted by molar-refractivity contribution is 5.86. The molecule has 0 aliphatic carbocycles. The molecule has 0 spiro atoms. The van der Waals surface area contributed by atoms with Crippen LogP contribution in [-0.2, 0) is 6.54 Å². The average Bonchev–Trinajstić information content (AvgIpc) is 2.64. The summed E-state index contributed by atoms with van der Waals surface area (Å²) in [7, 11) is 0. The molecule has 6 nitrogen and oxygen atoms in total. The van der Waals surface area contributed by atoms with Crippen LogP contribution in [0.2, 0.25) is 0 Å². The zero-order valence-electron chi connectivity index (χ0n) is 8.20. The topological polar surface area (TPSA) is 99.8 Å². The monoisotopic (exact) mass is 207 g/mol. The molecular weight excluding hydrogens is 194 g/mol. The van der Waals surface area contributed by atoms with Gasteiger partial charge in [-0.2, -0.15) is 0 Å². The molecule has 0 fully saturated rings. The van der Waals surface area contributed by atoms with E-state index in [1.54, 1.807) is 0 Å². The zero-order valence-corrected chi connectivity index (χ0v) is 8.20. The van der Waals surface area contributed by atoms with Crippen LogP contribution >= 0.6 is 0 Å². The van der Waals surface area contributed by atoms with Crippen molar-refractivity contribution in [2.45, 2.75) is 6.54 Å². The van der Waals surface area contributed by atoms with Crippen LogP contribution in [0.3, 0.4) is 0 Å². The molecule has 80 valence electrons. The Bertz CT molecular complexity index is 453. The normalized spacial score (nSPS) is 11.0. The summed E-state index contributed by atoms with van der Waals surface area (Å²) < 4.78 is 0. The number of nitrogens with zero attached hydrogens (tertiary/aromatic N) is 2. The lowest BCUT2D eigenvalue weighted by Crippen LogP contribution is -2.17. The Labute approximate surface area is 86.5 Å². The number of rotatable bonds is 4. The van der Waals surface area contributed by atoms with E-state index in [-0.39, 0.29) is 6.61 Å². The van der Waals surface area contributed by atoms with Gasteiger partial charge in [-0.05, 0) is 0 Å². The number of H-pyrrole nitrogens is 1. The van der Waals surface area contributed by atoms with Gasteiger partial charge in [0.1, 0.15) is 11.8 Å². The second-order valence-corrected chi connectivity index (χ2v) is 3.20. The van der Waals surface area contributed by atoms with Gasteiger partial charge in [-0.3, -0.25) is 0 Å². The molecule has 0 amide bonds. The molecule has 2 aromatic heterocycles. The number of aliphatic hydroxyl groups excluding tert-OH is 1. The summed E-state index contributed by atoms with van der Waals surface area (Å²) in [5, 5.41) is 11.7. The summed E-state index contributed by atoms with van der Waals surface area (Å²) in [5.41, 5.74) is 8.29. The third-order valence-electron chi connectivity index (χ3n) is 2.18. The van der Waals surface area contributed by atoms with E-state index in [0.717, 1.165) is 16.6 Å². The molecule has 0 radical (unpaired) electrons. The highest BCUT2D eigenvalue weighted by atomic mass is 16.3. The average molecular weight is 207 g/mol. The number of aromatic nitrogens is 3. The van der Waals surface area contributed by atoms with Gasteiger partial charge in [0.2, 0.25) is 0 Å². The number of fused-ring (bicyclic) bond motifs is 1. The van der Waals surface area contributed by atoms with Crippen molar-refractivity contribution in [3.8, 4) is 0 Å². The molecular formula is C9H13N5O. The van der Waals surface area contributed by atoms with Crippen LogP contribution in [-0.4, -0.2) is 33.2 Å². The highest BCUT2D eigenvalue weighted by Gasteiger charge is 2.06. The van der Waals surface area contributed by atoms with Crippen LogP contribution in [0.1, 0.15) is 5.56 Å². The van der Waals surface area contributed by atoms with E-state index in [4.69, 9.17) is 10.8 Å². The number of anilines is 1. The Morgan fingerprint density at radius 3 is 3.13 bits per heavy atom. The van der Waals surface area contributed by atoms with Gasteiger partial charge in [0, 0.05) is 24.8 Å². The van der Waals surface area contributed by atoms with Gasteiger partial charge in [0.05, 0.1) is 12.1 Å². The molecule has 0 bridgehead atoms. The third kappa shape index (κ3) is 1.90. The molecule has 0 aliphatic heterocycles. The fraction of sp³-hybridized carbons (Fsp3) is 0.333. The van der Waals surface area contributed by atoms with E-state index in [2.05, 4.69) is 20.3 Å². The maximum absolute atomic E-state index is 8.64. The van der Waals surface area contributed by atoms with Crippen molar-refractivity contribution in [1.29, 1.82) is 0 Å². The lowest BCUT2D eigenvalue weighted by molar-refractivity contribution is 0.292. The van der Waals surface area contributed by atoms with Crippen molar-refractivity contribution in [3.63, 3.8) is 0 Å². The second kappa shape index (κ2) is 4.24. The first-order valence-electron chi connectivity index (χ1n) is 4.71. The Hall–Kier alpha value is -1.66. The summed E-state index contributed by atoms with van der Waals surface area (Å²) >= 11 is 0. The number of hydrogen-bond acceptors (Lipinski definition) is 5. The van der Waals surface area contributed by atoms with E-state index in [9.17, 15) is 0 Å². The van der Waals surface area contributed by atoms with Crippen LogP contribution < -0.4 is 11.1 Å². The lowest BCUT2D eigenvalue weighted by atomic mass is 10.3. The predicted molar refractivity (Wildman–Crippen MR) is 57.1 cm³/mol. The van der Waals surface area contributed by atoms with E-state index in [1.165, 1.54) is 6.33 Å². The molecule has 2 aromatic rings. The fourth-order valence-corrected chi connectivity index (χ4v) is 1.45. The van der Waals surface area contributed by atoms with Crippen LogP contribution in [0.25, 0.3) is 11.0 Å². The third-order valence-corrected chi connectivity index (χ3v) is 2.18. The van der Waals surface area contributed by atoms with Crippen molar-refractivity contribution < 1.29 is 5.11 Å². The molecule has 0 aliphatic rings. The van der Waals surface area contributed by atoms with E-state index in [0.29, 0.717) is 18.9 Å². The minimum Gasteiger partial charge on any atom is -0.395 e. The second-order valence-electron chi connectivity index (χ2n) is 3.20. The lowest BCUT2D eigenvalue weighted by Gasteiger charge is -2.00. The maximum atomic E-state index is 8.64. The molecule has 2 heterocycles. The largest absolute Gasteiger partial charge is 0.395 e. The molecule has 0 atom stereocenters. The van der Waals surface area contributed by atoms with E-state index in [1.807, 2.05) is 6.20 Å². The Morgan fingerprint density at radius 1 is 1.47 bits per heavy atom. The highest BCUT2D eigenvalue weighted by Crippen LogP contribution is 2.18. The van der Waals surface area contributed by atoms with Gasteiger partial charge < -0.3 is 21.1 Å². The van der Waals surface area contributed by atoms with Crippen LogP contribution in [0.4, 0.5) is 5.82 Å². The minimum absolute atomic E-state index is 0.124. The van der Waals surface area contributed by atoms with Crippen LogP contribution in [0, 0.1) is 0 Å². The summed E-state index contributed by atoms with van der Waals surface area (Å²) in [5.74, 6) is 0.452. The van der Waals surface area contributed by atoms with Crippen molar-refractivity contribution >= 4 is 16.9 Å². The number of nitrogens with one attached hydrogen (secondary N) is 2. The van der Waals surface area contributed by atoms with Gasteiger partial charge in [-0.15, -0.1) is 0 Å². The van der Waals surface area contributed by atoms with Crippen molar-refractivity contribution in [3.05, 3.63) is 18.1 Å². The number of nitrogens with two attached hydrogens (primary N) is 1. The molecule has 6 heteroatoms. The first kappa shape index (κ1) is 9.88. The summed E-state index contributed by atoms with van der Waals surface area (Å²) in [4.78, 5) is 11.1. The number of aliphatic hydroxyl groups is 1. The molecule has 5 N–H and O–H groups in total. The van der Waals surface area contributed by atoms with Crippen molar-refractivity contribution in [1.82, 2.24) is 20.3 Å². The number of aromatic amines is 1. The van der Waals surface area contributed by atoms with Gasteiger partial charge in [0.25, 0.3) is 0 Å². The zero-order chi connectivity index (χ0) is 10.7. The molecule has 0 saturated heterocycles. The number of hydrogen-bond donors (Lipinski definition) is 4. The molecule has 0 saturated carbocycles. The Balaban J connectivity index is 2.25. The molecule has 2 rings (SSSR count). The van der Waals surface area contributed by atoms with Gasteiger partial charge in [0.15, 0.2) is 5.82 Å². The predicted octanol–water partition coefficient (Wildman–Crippen LogP) is -0.378. The first-order valence-corrected chi connectivity index (χ1v) is 4.71. The first-order chi connectivity index (χ1) is 7.33. The SMILES string of the molecule is Nc1ncnc2c(CNCCO)c[nH]c12. The van der Waals surface area contributed by atoms with Gasteiger partial charge >= 0.3 is 0 Å². The summed E-state index contributed by atoms with van der Waals surface area (Å²) in [6.07, 6.45) is 3.29. The number of nitrogen functional groups attached to an aromatic ring is 1. The van der Waals surface area contributed by atoms with Gasteiger partial charge in [-0.25, -0.2) is 9.97 Å². The molecule has 15 heavy (non-hydrogen) atoms. The Kier molecular flexibility index (Phi) is 2.79. The van der Waals surface area contributed by atoms with Gasteiger partial charge in [-0.1, -0.05) is 0 Å². The van der Waals surface area contributed by atoms with Crippen LogP contribution in [0.15, 0.2) is 12.5 Å². The van der Waals surface area contributed by atoms with Crippen LogP contribution in [0.5, 0.6) is 0 Å². The fourth-order valence-electron chi connectivity index (χ4n) is 1.45.